The highest BCUT2D eigenvalue weighted by Gasteiger charge is 2.03. The Morgan fingerprint density at radius 1 is 1.29 bits per heavy atom. The first-order valence-electron chi connectivity index (χ1n) is 4.23. The van der Waals surface area contributed by atoms with E-state index in [0.717, 1.165) is 5.69 Å². The number of rotatable bonds is 2. The molecule has 1 N–H and O–H groups in total. The van der Waals surface area contributed by atoms with Gasteiger partial charge >= 0.3 is 0 Å². The van der Waals surface area contributed by atoms with E-state index in [1.807, 2.05) is 30.3 Å². The topological polar surface area (TPSA) is 47.0 Å². The highest BCUT2D eigenvalue weighted by Crippen LogP contribution is 2.06. The number of aromatic amines is 1. The van der Waals surface area contributed by atoms with E-state index in [-0.39, 0.29) is 5.56 Å². The van der Waals surface area contributed by atoms with Crippen LogP contribution in [0, 0.1) is 0 Å². The number of methoxy groups -OCH3 is 1. The van der Waals surface area contributed by atoms with Crippen molar-refractivity contribution in [1.82, 2.24) is 9.78 Å². The number of nitrogens with zero attached hydrogens (tertiary/aromatic N) is 1. The standard InChI is InChI=1S/C10H10N2O2/c1-14-9-7-10(13)12(11-9)8-5-3-2-4-6-8/h2-7,11H,1H3. The first-order chi connectivity index (χ1) is 6.81. The van der Waals surface area contributed by atoms with Gasteiger partial charge in [-0.15, -0.1) is 0 Å². The summed E-state index contributed by atoms with van der Waals surface area (Å²) >= 11 is 0. The minimum atomic E-state index is -0.131. The molecule has 0 fully saturated rings. The minimum Gasteiger partial charge on any atom is -0.481 e. The normalized spacial score (nSPS) is 10.1. The largest absolute Gasteiger partial charge is 0.481 e. The molecule has 1 aromatic carbocycles. The lowest BCUT2D eigenvalue weighted by atomic mass is 10.3. The molecule has 1 heterocycles. The van der Waals surface area contributed by atoms with Crippen molar-refractivity contribution in [3.8, 4) is 11.6 Å². The molecule has 72 valence electrons. The lowest BCUT2D eigenvalue weighted by Gasteiger charge is -2.00. The quantitative estimate of drug-likeness (QED) is 0.772. The zero-order valence-electron chi connectivity index (χ0n) is 7.73. The third-order valence-corrected chi connectivity index (χ3v) is 1.93. The van der Waals surface area contributed by atoms with Gasteiger partial charge in [0.15, 0.2) is 0 Å². The fourth-order valence-corrected chi connectivity index (χ4v) is 1.25. The fourth-order valence-electron chi connectivity index (χ4n) is 1.25. The molecule has 1 aromatic heterocycles. The summed E-state index contributed by atoms with van der Waals surface area (Å²) in [6.07, 6.45) is 0. The van der Waals surface area contributed by atoms with E-state index in [9.17, 15) is 4.79 Å². The Kier molecular flexibility index (Phi) is 2.10. The maximum atomic E-state index is 11.5. The highest BCUT2D eigenvalue weighted by atomic mass is 16.5. The highest BCUT2D eigenvalue weighted by molar-refractivity contribution is 5.31. The third kappa shape index (κ3) is 1.42. The van der Waals surface area contributed by atoms with Crippen LogP contribution in [0.15, 0.2) is 41.2 Å². The van der Waals surface area contributed by atoms with Crippen LogP contribution in [-0.2, 0) is 0 Å². The Bertz CT molecular complexity index is 470. The molecule has 14 heavy (non-hydrogen) atoms. The van der Waals surface area contributed by atoms with Crippen LogP contribution in [0.5, 0.6) is 5.88 Å². The summed E-state index contributed by atoms with van der Waals surface area (Å²) in [5.74, 6) is 0.457. The number of nitrogens with one attached hydrogen (secondary N) is 1. The van der Waals surface area contributed by atoms with Crippen molar-refractivity contribution in [1.29, 1.82) is 0 Å². The predicted octanol–water partition coefficient (Wildman–Crippen LogP) is 1.17. The number of benzene rings is 1. The summed E-state index contributed by atoms with van der Waals surface area (Å²) in [7, 11) is 1.51. The van der Waals surface area contributed by atoms with Crippen molar-refractivity contribution in [2.24, 2.45) is 0 Å². The maximum Gasteiger partial charge on any atom is 0.275 e. The maximum absolute atomic E-state index is 11.5. The molecule has 0 saturated carbocycles. The van der Waals surface area contributed by atoms with Crippen LogP contribution < -0.4 is 10.3 Å². The van der Waals surface area contributed by atoms with Crippen molar-refractivity contribution in [3.63, 3.8) is 0 Å². The van der Waals surface area contributed by atoms with Crippen molar-refractivity contribution >= 4 is 0 Å². The first kappa shape index (κ1) is 8.62. The molecule has 0 saturated heterocycles. The molecule has 0 aliphatic carbocycles. The molecular weight excluding hydrogens is 180 g/mol. The van der Waals surface area contributed by atoms with Crippen LogP contribution in [0.3, 0.4) is 0 Å². The molecule has 2 aromatic rings. The molecule has 0 aliphatic rings. The van der Waals surface area contributed by atoms with E-state index < -0.39 is 0 Å². The SMILES string of the molecule is COc1cc(=O)n(-c2ccccc2)[nH]1. The van der Waals surface area contributed by atoms with Gasteiger partial charge < -0.3 is 4.74 Å². The summed E-state index contributed by atoms with van der Waals surface area (Å²) in [5.41, 5.74) is 0.661. The molecule has 0 spiro atoms. The lowest BCUT2D eigenvalue weighted by Crippen LogP contribution is -2.12. The van der Waals surface area contributed by atoms with Crippen LogP contribution in [0.4, 0.5) is 0 Å². The Morgan fingerprint density at radius 2 is 2.00 bits per heavy atom. The van der Waals surface area contributed by atoms with Gasteiger partial charge in [-0.25, -0.2) is 4.68 Å². The van der Waals surface area contributed by atoms with Gasteiger partial charge in [-0.3, -0.25) is 9.89 Å². The van der Waals surface area contributed by atoms with E-state index in [1.165, 1.54) is 17.9 Å². The van der Waals surface area contributed by atoms with Gasteiger partial charge in [0.2, 0.25) is 5.88 Å². The number of hydrogen-bond donors (Lipinski definition) is 1. The Morgan fingerprint density at radius 3 is 2.57 bits per heavy atom. The Hall–Kier alpha value is -1.97. The average Bonchev–Trinajstić information content (AvgIpc) is 2.61. The van der Waals surface area contributed by atoms with Crippen LogP contribution in [0.25, 0.3) is 5.69 Å². The second-order valence-corrected chi connectivity index (χ2v) is 2.83. The van der Waals surface area contributed by atoms with Gasteiger partial charge in [-0.1, -0.05) is 18.2 Å². The molecule has 0 amide bonds. The number of ether oxygens (including phenoxy) is 1. The van der Waals surface area contributed by atoms with Gasteiger partial charge in [-0.05, 0) is 12.1 Å². The van der Waals surface area contributed by atoms with Crippen LogP contribution in [0.2, 0.25) is 0 Å². The Labute approximate surface area is 80.7 Å². The smallest absolute Gasteiger partial charge is 0.275 e. The monoisotopic (exact) mass is 190 g/mol. The summed E-state index contributed by atoms with van der Waals surface area (Å²) < 4.78 is 6.35. The molecule has 0 aliphatic heterocycles. The van der Waals surface area contributed by atoms with Gasteiger partial charge in [-0.2, -0.15) is 0 Å². The molecule has 0 radical (unpaired) electrons. The molecule has 0 atom stereocenters. The van der Waals surface area contributed by atoms with E-state index in [0.29, 0.717) is 5.88 Å². The van der Waals surface area contributed by atoms with Gasteiger partial charge in [0.25, 0.3) is 5.56 Å². The lowest BCUT2D eigenvalue weighted by molar-refractivity contribution is 0.394. The second kappa shape index (κ2) is 3.41. The molecule has 0 unspecified atom stereocenters. The molecule has 4 nitrogen and oxygen atoms in total. The predicted molar refractivity (Wildman–Crippen MR) is 52.9 cm³/mol. The van der Waals surface area contributed by atoms with E-state index in [1.54, 1.807) is 0 Å². The fraction of sp³-hybridized carbons (Fsp3) is 0.100. The number of hydrogen-bond acceptors (Lipinski definition) is 2. The summed E-state index contributed by atoms with van der Waals surface area (Å²) in [6.45, 7) is 0. The van der Waals surface area contributed by atoms with Crippen LogP contribution >= 0.6 is 0 Å². The van der Waals surface area contributed by atoms with E-state index in [2.05, 4.69) is 5.10 Å². The summed E-state index contributed by atoms with van der Waals surface area (Å²) in [5, 5.41) is 2.83. The zero-order chi connectivity index (χ0) is 9.97. The third-order valence-electron chi connectivity index (χ3n) is 1.93. The molecule has 4 heteroatoms. The number of aromatic nitrogens is 2. The van der Waals surface area contributed by atoms with E-state index in [4.69, 9.17) is 4.74 Å². The first-order valence-corrected chi connectivity index (χ1v) is 4.23. The summed E-state index contributed by atoms with van der Waals surface area (Å²) in [4.78, 5) is 11.5. The average molecular weight is 190 g/mol. The van der Waals surface area contributed by atoms with Crippen molar-refractivity contribution < 1.29 is 4.74 Å². The Balaban J connectivity index is 2.52. The summed E-state index contributed by atoms with van der Waals surface area (Å²) in [6, 6.07) is 10.7. The van der Waals surface area contributed by atoms with Crippen LogP contribution in [0.1, 0.15) is 0 Å². The minimum absolute atomic E-state index is 0.131. The van der Waals surface area contributed by atoms with Crippen LogP contribution in [-0.4, -0.2) is 16.9 Å². The zero-order valence-corrected chi connectivity index (χ0v) is 7.73. The van der Waals surface area contributed by atoms with E-state index >= 15 is 0 Å². The second-order valence-electron chi connectivity index (χ2n) is 2.83. The number of para-hydroxylation sites is 1. The number of H-pyrrole nitrogens is 1. The van der Waals surface area contributed by atoms with Gasteiger partial charge in [0.05, 0.1) is 18.9 Å². The van der Waals surface area contributed by atoms with Crippen molar-refractivity contribution in [3.05, 3.63) is 46.8 Å². The van der Waals surface area contributed by atoms with Crippen molar-refractivity contribution in [2.75, 3.05) is 7.11 Å². The van der Waals surface area contributed by atoms with Gasteiger partial charge in [0.1, 0.15) is 0 Å². The van der Waals surface area contributed by atoms with Crippen molar-refractivity contribution in [2.45, 2.75) is 0 Å². The molecule has 0 bridgehead atoms. The van der Waals surface area contributed by atoms with Gasteiger partial charge in [0, 0.05) is 0 Å². The molecule has 2 rings (SSSR count). The molecular formula is C10H10N2O2.